The molecule has 0 unspecified atom stereocenters. The first-order valence-corrected chi connectivity index (χ1v) is 8.72. The lowest BCUT2D eigenvalue weighted by Gasteiger charge is -2.26. The smallest absolute Gasteiger partial charge is 0.360 e. The standard InChI is InChI=1S/C20H17F3N2O2/c21-20(22,23)10-8-18(26)25-11-9-17-16(12-25)19(24-27-17)15-7-3-5-13-4-1-2-6-14(13)15/h1-7H,8-12H2. The molecule has 2 heterocycles. The Balaban J connectivity index is 1.63. The molecule has 0 N–H and O–H groups in total. The van der Waals surface area contributed by atoms with Gasteiger partial charge >= 0.3 is 6.18 Å². The molecule has 2 aromatic carbocycles. The van der Waals surface area contributed by atoms with Crippen molar-refractivity contribution in [3.05, 3.63) is 53.8 Å². The summed E-state index contributed by atoms with van der Waals surface area (Å²) in [7, 11) is 0. The van der Waals surface area contributed by atoms with E-state index in [0.29, 0.717) is 24.4 Å². The minimum atomic E-state index is -4.33. The maximum Gasteiger partial charge on any atom is 0.389 e. The Kier molecular flexibility index (Phi) is 4.37. The van der Waals surface area contributed by atoms with Crippen LogP contribution in [0.4, 0.5) is 13.2 Å². The van der Waals surface area contributed by atoms with Crippen molar-refractivity contribution in [1.82, 2.24) is 10.1 Å². The number of fused-ring (bicyclic) bond motifs is 2. The van der Waals surface area contributed by atoms with Crippen molar-refractivity contribution in [3.8, 4) is 11.3 Å². The Hall–Kier alpha value is -2.83. The average molecular weight is 374 g/mol. The van der Waals surface area contributed by atoms with Crippen LogP contribution in [-0.4, -0.2) is 28.7 Å². The van der Waals surface area contributed by atoms with Gasteiger partial charge in [-0.3, -0.25) is 4.79 Å². The molecule has 1 amide bonds. The number of rotatable bonds is 3. The van der Waals surface area contributed by atoms with Crippen molar-refractivity contribution >= 4 is 16.7 Å². The predicted octanol–water partition coefficient (Wildman–Crippen LogP) is 4.72. The maximum atomic E-state index is 12.4. The predicted molar refractivity (Wildman–Crippen MR) is 93.9 cm³/mol. The highest BCUT2D eigenvalue weighted by atomic mass is 19.4. The van der Waals surface area contributed by atoms with Crippen LogP contribution in [0, 0.1) is 0 Å². The molecule has 0 bridgehead atoms. The molecule has 0 radical (unpaired) electrons. The first-order chi connectivity index (χ1) is 12.9. The third-order valence-corrected chi connectivity index (χ3v) is 4.85. The summed E-state index contributed by atoms with van der Waals surface area (Å²) in [6.07, 6.45) is -5.52. The van der Waals surface area contributed by atoms with E-state index in [-0.39, 0.29) is 6.54 Å². The fourth-order valence-electron chi connectivity index (χ4n) is 3.47. The molecule has 0 aliphatic carbocycles. The molecule has 3 aromatic rings. The second kappa shape index (κ2) is 6.72. The highest BCUT2D eigenvalue weighted by Gasteiger charge is 2.32. The highest BCUT2D eigenvalue weighted by Crippen LogP contribution is 2.34. The van der Waals surface area contributed by atoms with E-state index in [2.05, 4.69) is 5.16 Å². The number of amides is 1. The van der Waals surface area contributed by atoms with Crippen molar-refractivity contribution in [3.63, 3.8) is 0 Å². The van der Waals surface area contributed by atoms with Gasteiger partial charge in [0.1, 0.15) is 11.5 Å². The molecule has 4 nitrogen and oxygen atoms in total. The molecule has 140 valence electrons. The number of aromatic nitrogens is 1. The Labute approximate surface area is 153 Å². The Bertz CT molecular complexity index is 989. The summed E-state index contributed by atoms with van der Waals surface area (Å²) in [4.78, 5) is 13.7. The maximum absolute atomic E-state index is 12.4. The van der Waals surface area contributed by atoms with E-state index in [9.17, 15) is 18.0 Å². The average Bonchev–Trinajstić information content (AvgIpc) is 3.08. The fraction of sp³-hybridized carbons (Fsp3) is 0.300. The fourth-order valence-corrected chi connectivity index (χ4v) is 3.47. The summed E-state index contributed by atoms with van der Waals surface area (Å²) in [5.41, 5.74) is 2.32. The van der Waals surface area contributed by atoms with Crippen LogP contribution in [0.3, 0.4) is 0 Å². The van der Waals surface area contributed by atoms with Crippen molar-refractivity contribution in [2.45, 2.75) is 32.0 Å². The summed E-state index contributed by atoms with van der Waals surface area (Å²) < 4.78 is 42.7. The lowest BCUT2D eigenvalue weighted by molar-refractivity contribution is -0.149. The monoisotopic (exact) mass is 374 g/mol. The third kappa shape index (κ3) is 3.54. The Morgan fingerprint density at radius 3 is 2.74 bits per heavy atom. The molecule has 1 aromatic heterocycles. The van der Waals surface area contributed by atoms with Gasteiger partial charge in [-0.2, -0.15) is 13.2 Å². The number of carbonyl (C=O) groups is 1. The van der Waals surface area contributed by atoms with Gasteiger partial charge in [0.2, 0.25) is 5.91 Å². The number of hydrogen-bond donors (Lipinski definition) is 0. The summed E-state index contributed by atoms with van der Waals surface area (Å²) in [5.74, 6) is 0.195. The Morgan fingerprint density at radius 2 is 1.93 bits per heavy atom. The van der Waals surface area contributed by atoms with Gasteiger partial charge in [-0.1, -0.05) is 47.6 Å². The molecule has 0 atom stereocenters. The van der Waals surface area contributed by atoms with Gasteiger partial charge in [-0.25, -0.2) is 0 Å². The Morgan fingerprint density at radius 1 is 1.15 bits per heavy atom. The molecular weight excluding hydrogens is 357 g/mol. The lowest BCUT2D eigenvalue weighted by atomic mass is 9.97. The molecule has 1 aliphatic heterocycles. The van der Waals surface area contributed by atoms with Crippen molar-refractivity contribution in [2.75, 3.05) is 6.54 Å². The van der Waals surface area contributed by atoms with Crippen LogP contribution in [0.15, 0.2) is 47.0 Å². The first-order valence-electron chi connectivity index (χ1n) is 8.72. The molecule has 0 saturated carbocycles. The molecule has 0 saturated heterocycles. The van der Waals surface area contributed by atoms with Gasteiger partial charge in [-0.15, -0.1) is 0 Å². The first kappa shape index (κ1) is 17.6. The largest absolute Gasteiger partial charge is 0.389 e. The molecule has 0 fully saturated rings. The number of nitrogens with zero attached hydrogens (tertiary/aromatic N) is 2. The van der Waals surface area contributed by atoms with Gasteiger partial charge in [0.05, 0.1) is 13.0 Å². The van der Waals surface area contributed by atoms with Crippen molar-refractivity contribution in [2.24, 2.45) is 0 Å². The van der Waals surface area contributed by atoms with Crippen LogP contribution in [0.5, 0.6) is 0 Å². The minimum Gasteiger partial charge on any atom is -0.360 e. The van der Waals surface area contributed by atoms with Gasteiger partial charge in [-0.05, 0) is 10.8 Å². The second-order valence-corrected chi connectivity index (χ2v) is 6.64. The normalized spacial score (nSPS) is 14.4. The number of halogens is 3. The van der Waals surface area contributed by atoms with Gasteiger partial charge < -0.3 is 9.42 Å². The topological polar surface area (TPSA) is 46.3 Å². The van der Waals surface area contributed by atoms with E-state index in [1.54, 1.807) is 0 Å². The molecular formula is C20H17F3N2O2. The molecule has 27 heavy (non-hydrogen) atoms. The van der Waals surface area contributed by atoms with Crippen LogP contribution in [0.2, 0.25) is 0 Å². The highest BCUT2D eigenvalue weighted by molar-refractivity contribution is 5.96. The van der Waals surface area contributed by atoms with Gasteiger partial charge in [0.25, 0.3) is 0 Å². The minimum absolute atomic E-state index is 0.216. The van der Waals surface area contributed by atoms with Crippen LogP contribution in [0.1, 0.15) is 24.2 Å². The number of hydrogen-bond acceptors (Lipinski definition) is 3. The summed E-state index contributed by atoms with van der Waals surface area (Å²) in [6.45, 7) is 0.557. The summed E-state index contributed by atoms with van der Waals surface area (Å²) >= 11 is 0. The molecule has 4 rings (SSSR count). The van der Waals surface area contributed by atoms with E-state index in [4.69, 9.17) is 4.52 Å². The van der Waals surface area contributed by atoms with Gasteiger partial charge in [0.15, 0.2) is 0 Å². The number of carbonyl (C=O) groups excluding carboxylic acids is 1. The summed E-state index contributed by atoms with van der Waals surface area (Å²) in [6, 6.07) is 13.7. The van der Waals surface area contributed by atoms with E-state index < -0.39 is 24.9 Å². The zero-order valence-electron chi connectivity index (χ0n) is 14.4. The third-order valence-electron chi connectivity index (χ3n) is 4.85. The van der Waals surface area contributed by atoms with Crippen molar-refractivity contribution < 1.29 is 22.5 Å². The van der Waals surface area contributed by atoms with Gasteiger partial charge in [0, 0.05) is 30.5 Å². The molecule has 0 spiro atoms. The van der Waals surface area contributed by atoms with Crippen molar-refractivity contribution in [1.29, 1.82) is 0 Å². The molecule has 7 heteroatoms. The quantitative estimate of drug-likeness (QED) is 0.666. The van der Waals surface area contributed by atoms with E-state index in [1.807, 2.05) is 42.5 Å². The van der Waals surface area contributed by atoms with Crippen LogP contribution < -0.4 is 0 Å². The molecule has 1 aliphatic rings. The second-order valence-electron chi connectivity index (χ2n) is 6.64. The van der Waals surface area contributed by atoms with Crippen LogP contribution >= 0.6 is 0 Å². The number of benzene rings is 2. The lowest BCUT2D eigenvalue weighted by Crippen LogP contribution is -2.36. The van der Waals surface area contributed by atoms with E-state index >= 15 is 0 Å². The van der Waals surface area contributed by atoms with Crippen LogP contribution in [0.25, 0.3) is 22.0 Å². The van der Waals surface area contributed by atoms with E-state index in [0.717, 1.165) is 21.9 Å². The van der Waals surface area contributed by atoms with E-state index in [1.165, 1.54) is 4.90 Å². The SMILES string of the molecule is O=C(CCC(F)(F)F)N1CCc2onc(-c3cccc4ccccc34)c2C1. The zero-order valence-corrected chi connectivity index (χ0v) is 14.4. The zero-order chi connectivity index (χ0) is 19.0. The van der Waals surface area contributed by atoms with Crippen LogP contribution in [-0.2, 0) is 17.8 Å². The summed E-state index contributed by atoms with van der Waals surface area (Å²) in [5, 5.41) is 6.27. The number of alkyl halides is 3.